The van der Waals surface area contributed by atoms with Crippen molar-refractivity contribution in [2.75, 3.05) is 0 Å². The predicted molar refractivity (Wildman–Crippen MR) is 171 cm³/mol. The third-order valence-electron chi connectivity index (χ3n) is 8.10. The van der Waals surface area contributed by atoms with E-state index in [1.165, 1.54) is 61.1 Å². The molecule has 0 aliphatic heterocycles. The molecular weight excluding hydrogens is 488 g/mol. The van der Waals surface area contributed by atoms with E-state index in [-0.39, 0.29) is 0 Å². The Hall–Kier alpha value is -3.43. The lowest BCUT2D eigenvalue weighted by Crippen LogP contribution is -2.38. The van der Waals surface area contributed by atoms with E-state index >= 15 is 0 Å². The fraction of sp³-hybridized carbons (Fsp3) is 0.306. The Labute approximate surface area is 236 Å². The maximum absolute atomic E-state index is 2.57. The van der Waals surface area contributed by atoms with Crippen LogP contribution in [0.25, 0.3) is 39.2 Å². The van der Waals surface area contributed by atoms with Gasteiger partial charge in [-0.3, -0.25) is 0 Å². The maximum atomic E-state index is 2.57. The lowest BCUT2D eigenvalue weighted by molar-refractivity contribution is -0.557. The van der Waals surface area contributed by atoms with Crippen LogP contribution in [0.5, 0.6) is 0 Å². The van der Waals surface area contributed by atoms with Crippen molar-refractivity contribution in [2.24, 2.45) is 7.05 Å². The number of hydrogen-bond acceptors (Lipinski definition) is 0. The van der Waals surface area contributed by atoms with Crippen LogP contribution in [0.4, 0.5) is 0 Å². The summed E-state index contributed by atoms with van der Waals surface area (Å²) in [6.45, 7) is 18.9. The molecule has 4 aromatic carbocycles. The summed E-state index contributed by atoms with van der Waals surface area (Å²) < 4.78 is 5.01. The van der Waals surface area contributed by atoms with Gasteiger partial charge in [0.05, 0.1) is 20.7 Å². The standard InChI is InChI=1S/C36H43N2Si/c1-24(2)31-21-28(27-16-11-10-12-17-27)22-32(25(3)4)35(31)38-33-20-19-29(39(7,8)9)23-34(33)37(6)36(38)30-18-14-13-15-26(30)5/h10-25H,1-9H3/q+1. The van der Waals surface area contributed by atoms with E-state index in [9.17, 15) is 0 Å². The number of imidazole rings is 1. The summed E-state index contributed by atoms with van der Waals surface area (Å²) in [4.78, 5) is 0. The van der Waals surface area contributed by atoms with Crippen molar-refractivity contribution in [1.82, 2.24) is 4.57 Å². The highest BCUT2D eigenvalue weighted by Crippen LogP contribution is 2.36. The fourth-order valence-electron chi connectivity index (χ4n) is 5.79. The zero-order valence-electron chi connectivity index (χ0n) is 25.1. The van der Waals surface area contributed by atoms with Crippen LogP contribution in [0, 0.1) is 6.92 Å². The molecule has 39 heavy (non-hydrogen) atoms. The lowest BCUT2D eigenvalue weighted by Gasteiger charge is -2.21. The van der Waals surface area contributed by atoms with E-state index in [0.29, 0.717) is 11.8 Å². The molecule has 1 heterocycles. The van der Waals surface area contributed by atoms with Gasteiger partial charge in [-0.1, -0.05) is 107 Å². The Balaban J connectivity index is 1.95. The van der Waals surface area contributed by atoms with E-state index < -0.39 is 8.07 Å². The molecule has 0 spiro atoms. The van der Waals surface area contributed by atoms with Gasteiger partial charge in [0.25, 0.3) is 5.82 Å². The minimum Gasteiger partial charge on any atom is -0.225 e. The SMILES string of the molecule is Cc1ccccc1-c1n(C)c2cc([Si](C)(C)C)ccc2[n+]1-c1c(C(C)C)cc(-c2ccccc2)cc1C(C)C. The monoisotopic (exact) mass is 531 g/mol. The van der Waals surface area contributed by atoms with Crippen LogP contribution >= 0.6 is 0 Å². The Morgan fingerprint density at radius 2 is 1.28 bits per heavy atom. The molecule has 0 amide bonds. The van der Waals surface area contributed by atoms with Crippen molar-refractivity contribution in [3.63, 3.8) is 0 Å². The number of aryl methyl sites for hydroxylation is 2. The average molecular weight is 532 g/mol. The number of rotatable bonds is 6. The van der Waals surface area contributed by atoms with Crippen LogP contribution in [0.1, 0.15) is 56.2 Å². The van der Waals surface area contributed by atoms with Gasteiger partial charge in [0.15, 0.2) is 11.0 Å². The maximum Gasteiger partial charge on any atom is 0.295 e. The molecule has 0 unspecified atom stereocenters. The van der Waals surface area contributed by atoms with Gasteiger partial charge in [-0.15, -0.1) is 0 Å². The van der Waals surface area contributed by atoms with E-state index in [4.69, 9.17) is 0 Å². The number of hydrogen-bond donors (Lipinski definition) is 0. The summed E-state index contributed by atoms with van der Waals surface area (Å²) in [7, 11) is 0.771. The highest BCUT2D eigenvalue weighted by atomic mass is 28.3. The second-order valence-electron chi connectivity index (χ2n) is 12.7. The van der Waals surface area contributed by atoms with E-state index in [1.807, 2.05) is 0 Å². The fourth-order valence-corrected chi connectivity index (χ4v) is 6.95. The lowest BCUT2D eigenvalue weighted by atomic mass is 9.88. The van der Waals surface area contributed by atoms with Crippen LogP contribution in [-0.4, -0.2) is 12.6 Å². The molecule has 0 radical (unpaired) electrons. The smallest absolute Gasteiger partial charge is 0.225 e. The molecule has 5 rings (SSSR count). The first-order valence-electron chi connectivity index (χ1n) is 14.3. The Morgan fingerprint density at radius 1 is 0.692 bits per heavy atom. The largest absolute Gasteiger partial charge is 0.295 e. The third kappa shape index (κ3) is 4.89. The number of nitrogens with zero attached hydrogens (tertiary/aromatic N) is 2. The molecule has 2 nitrogen and oxygen atoms in total. The van der Waals surface area contributed by atoms with Crippen molar-refractivity contribution in [1.29, 1.82) is 0 Å². The topological polar surface area (TPSA) is 8.81 Å². The second kappa shape index (κ2) is 10.3. The zero-order valence-corrected chi connectivity index (χ0v) is 26.1. The summed E-state index contributed by atoms with van der Waals surface area (Å²) >= 11 is 0. The second-order valence-corrected chi connectivity index (χ2v) is 17.7. The van der Waals surface area contributed by atoms with Gasteiger partial charge in [0, 0.05) is 11.1 Å². The van der Waals surface area contributed by atoms with Gasteiger partial charge in [0.2, 0.25) is 0 Å². The van der Waals surface area contributed by atoms with Gasteiger partial charge in [-0.2, -0.15) is 4.57 Å². The zero-order chi connectivity index (χ0) is 28.1. The molecule has 0 aliphatic rings. The molecule has 0 atom stereocenters. The molecule has 5 aromatic rings. The molecular formula is C36H43N2Si+. The molecule has 0 aliphatic carbocycles. The minimum atomic E-state index is -1.48. The van der Waals surface area contributed by atoms with Gasteiger partial charge in [0.1, 0.15) is 5.69 Å². The summed E-state index contributed by atoms with van der Waals surface area (Å²) in [5.41, 5.74) is 11.8. The van der Waals surface area contributed by atoms with Crippen LogP contribution in [0.15, 0.2) is 84.9 Å². The van der Waals surface area contributed by atoms with Crippen molar-refractivity contribution in [3.8, 4) is 28.2 Å². The summed E-state index contributed by atoms with van der Waals surface area (Å²) in [5.74, 6) is 1.98. The quantitative estimate of drug-likeness (QED) is 0.153. The number of fused-ring (bicyclic) bond motifs is 1. The molecule has 0 fully saturated rings. The Bertz CT molecular complexity index is 1620. The first kappa shape index (κ1) is 27.1. The average Bonchev–Trinajstić information content (AvgIpc) is 3.19. The minimum absolute atomic E-state index is 0.370. The van der Waals surface area contributed by atoms with Gasteiger partial charge < -0.3 is 0 Å². The van der Waals surface area contributed by atoms with Crippen molar-refractivity contribution in [3.05, 3.63) is 102 Å². The summed E-state index contributed by atoms with van der Waals surface area (Å²) in [6, 6.07) is 31.7. The summed E-state index contributed by atoms with van der Waals surface area (Å²) in [5, 5.41) is 1.49. The van der Waals surface area contributed by atoms with Gasteiger partial charge in [-0.05, 0) is 65.8 Å². The molecule has 0 saturated heterocycles. The van der Waals surface area contributed by atoms with E-state index in [1.54, 1.807) is 0 Å². The van der Waals surface area contributed by atoms with E-state index in [0.717, 1.165) is 0 Å². The molecule has 0 saturated carbocycles. The molecule has 1 aromatic heterocycles. The number of aromatic nitrogens is 2. The number of benzene rings is 4. The summed E-state index contributed by atoms with van der Waals surface area (Å²) in [6.07, 6.45) is 0. The van der Waals surface area contributed by atoms with Crippen LogP contribution in [-0.2, 0) is 7.05 Å². The van der Waals surface area contributed by atoms with Crippen molar-refractivity contribution < 1.29 is 4.57 Å². The van der Waals surface area contributed by atoms with E-state index in [2.05, 4.69) is 155 Å². The molecule has 3 heteroatoms. The van der Waals surface area contributed by atoms with Gasteiger partial charge >= 0.3 is 0 Å². The van der Waals surface area contributed by atoms with Crippen molar-refractivity contribution in [2.45, 2.75) is 66.1 Å². The van der Waals surface area contributed by atoms with Crippen LogP contribution in [0.3, 0.4) is 0 Å². The first-order valence-corrected chi connectivity index (χ1v) is 17.8. The van der Waals surface area contributed by atoms with Gasteiger partial charge in [-0.25, -0.2) is 4.57 Å². The van der Waals surface area contributed by atoms with Crippen molar-refractivity contribution >= 4 is 24.3 Å². The normalized spacial score (nSPS) is 12.2. The highest BCUT2D eigenvalue weighted by Gasteiger charge is 2.32. The molecule has 0 N–H and O–H groups in total. The van der Waals surface area contributed by atoms with Crippen LogP contribution < -0.4 is 9.75 Å². The van der Waals surface area contributed by atoms with Crippen LogP contribution in [0.2, 0.25) is 19.6 Å². The molecule has 200 valence electrons. The molecule has 0 bridgehead atoms. The third-order valence-corrected chi connectivity index (χ3v) is 10.1. The first-order chi connectivity index (χ1) is 18.5. The predicted octanol–water partition coefficient (Wildman–Crippen LogP) is 8.89. The highest BCUT2D eigenvalue weighted by molar-refractivity contribution is 6.88. The Morgan fingerprint density at radius 3 is 1.85 bits per heavy atom. The Kier molecular flexibility index (Phi) is 7.15.